The van der Waals surface area contributed by atoms with Gasteiger partial charge in [-0.25, -0.2) is 13.5 Å². The standard InChI is InChI=1S/C21H21F5N4O3/c22-20(23)10-29(11-20)4-3-15-8-30-18(33-15)7-16(28-30)19(31)27-14-6-12-5-13(21(24,25)26)1-2-17(12)32-9-14/h1-2,5,7,14-15H,3-4,6,8-11H2,(H,27,31)/t14-,15?/m1/s1. The highest BCUT2D eigenvalue weighted by Gasteiger charge is 2.43. The Balaban J connectivity index is 1.14. The maximum Gasteiger partial charge on any atom is 0.416 e. The highest BCUT2D eigenvalue weighted by atomic mass is 19.4. The van der Waals surface area contributed by atoms with Crippen LogP contribution in [0.15, 0.2) is 24.3 Å². The summed E-state index contributed by atoms with van der Waals surface area (Å²) in [7, 11) is 0. The highest BCUT2D eigenvalue weighted by molar-refractivity contribution is 5.92. The Hall–Kier alpha value is -2.89. The van der Waals surface area contributed by atoms with Crippen molar-refractivity contribution in [2.75, 3.05) is 26.2 Å². The van der Waals surface area contributed by atoms with Gasteiger partial charge >= 0.3 is 6.18 Å². The number of nitrogens with zero attached hydrogens (tertiary/aromatic N) is 3. The molecule has 1 saturated heterocycles. The second-order valence-electron chi connectivity index (χ2n) is 8.65. The lowest BCUT2D eigenvalue weighted by Crippen LogP contribution is -2.56. The van der Waals surface area contributed by atoms with Gasteiger partial charge in [0.05, 0.1) is 31.2 Å². The van der Waals surface area contributed by atoms with Crippen molar-refractivity contribution in [3.63, 3.8) is 0 Å². The Labute approximate surface area is 185 Å². The first kappa shape index (κ1) is 21.9. The summed E-state index contributed by atoms with van der Waals surface area (Å²) in [6.45, 7) is 0.569. The van der Waals surface area contributed by atoms with Crippen LogP contribution in [0.5, 0.6) is 11.6 Å². The van der Waals surface area contributed by atoms with E-state index in [9.17, 15) is 26.7 Å². The summed E-state index contributed by atoms with van der Waals surface area (Å²) < 4.78 is 77.5. The van der Waals surface area contributed by atoms with Gasteiger partial charge in [-0.3, -0.25) is 9.69 Å². The molecule has 0 radical (unpaired) electrons. The number of hydrogen-bond acceptors (Lipinski definition) is 5. The molecule has 2 atom stereocenters. The molecule has 178 valence electrons. The fraction of sp³-hybridized carbons (Fsp3) is 0.524. The van der Waals surface area contributed by atoms with E-state index in [1.807, 2.05) is 0 Å². The van der Waals surface area contributed by atoms with Crippen LogP contribution in [-0.4, -0.2) is 64.9 Å². The summed E-state index contributed by atoms with van der Waals surface area (Å²) in [5.41, 5.74) is -0.266. The Morgan fingerprint density at radius 1 is 1.24 bits per heavy atom. The molecule has 33 heavy (non-hydrogen) atoms. The fourth-order valence-corrected chi connectivity index (χ4v) is 4.30. The van der Waals surface area contributed by atoms with E-state index in [1.165, 1.54) is 12.1 Å². The maximum atomic E-state index is 13.0. The minimum absolute atomic E-state index is 0.126. The Kier molecular flexibility index (Phi) is 5.22. The number of aromatic nitrogens is 2. The zero-order valence-electron chi connectivity index (χ0n) is 17.4. The zero-order valence-corrected chi connectivity index (χ0v) is 17.4. The molecule has 5 rings (SSSR count). The first-order valence-electron chi connectivity index (χ1n) is 10.5. The third-order valence-corrected chi connectivity index (χ3v) is 5.95. The van der Waals surface area contributed by atoms with E-state index >= 15 is 0 Å². The molecule has 1 unspecified atom stereocenters. The Morgan fingerprint density at radius 2 is 2.03 bits per heavy atom. The van der Waals surface area contributed by atoms with Crippen LogP contribution in [0.3, 0.4) is 0 Å². The Bertz CT molecular complexity index is 1040. The Morgan fingerprint density at radius 3 is 2.73 bits per heavy atom. The summed E-state index contributed by atoms with van der Waals surface area (Å²) >= 11 is 0. The molecule has 4 heterocycles. The molecular formula is C21H21F5N4O3. The molecule has 1 aromatic carbocycles. The van der Waals surface area contributed by atoms with Gasteiger partial charge in [-0.1, -0.05) is 0 Å². The zero-order chi connectivity index (χ0) is 23.4. The lowest BCUT2D eigenvalue weighted by molar-refractivity contribution is -0.137. The van der Waals surface area contributed by atoms with Gasteiger partial charge in [-0.15, -0.1) is 0 Å². The average Bonchev–Trinajstić information content (AvgIpc) is 3.28. The lowest BCUT2D eigenvalue weighted by Gasteiger charge is -2.38. The number of amides is 1. The highest BCUT2D eigenvalue weighted by Crippen LogP contribution is 2.34. The number of benzene rings is 1. The molecule has 7 nitrogen and oxygen atoms in total. The first-order valence-corrected chi connectivity index (χ1v) is 10.5. The van der Waals surface area contributed by atoms with Crippen molar-refractivity contribution in [3.8, 4) is 11.6 Å². The molecule has 12 heteroatoms. The van der Waals surface area contributed by atoms with Gasteiger partial charge in [-0.2, -0.15) is 18.3 Å². The second kappa shape index (κ2) is 7.86. The molecule has 2 aromatic rings. The quantitative estimate of drug-likeness (QED) is 0.678. The van der Waals surface area contributed by atoms with Crippen LogP contribution in [0, 0.1) is 0 Å². The summed E-state index contributed by atoms with van der Waals surface area (Å²) in [5.74, 6) is -2.29. The number of halogens is 5. The summed E-state index contributed by atoms with van der Waals surface area (Å²) in [4.78, 5) is 14.3. The van der Waals surface area contributed by atoms with Crippen LogP contribution in [0.1, 0.15) is 28.0 Å². The van der Waals surface area contributed by atoms with Crippen LogP contribution >= 0.6 is 0 Å². The van der Waals surface area contributed by atoms with Crippen molar-refractivity contribution in [1.29, 1.82) is 0 Å². The number of nitrogens with one attached hydrogen (secondary N) is 1. The number of carbonyl (C=O) groups is 1. The molecule has 0 saturated carbocycles. The third-order valence-electron chi connectivity index (χ3n) is 5.95. The number of ether oxygens (including phenoxy) is 2. The van der Waals surface area contributed by atoms with Crippen molar-refractivity contribution >= 4 is 5.91 Å². The number of carbonyl (C=O) groups excluding carboxylic acids is 1. The van der Waals surface area contributed by atoms with E-state index in [4.69, 9.17) is 9.47 Å². The fourth-order valence-electron chi connectivity index (χ4n) is 4.30. The van der Waals surface area contributed by atoms with Crippen molar-refractivity contribution in [1.82, 2.24) is 20.0 Å². The second-order valence-corrected chi connectivity index (χ2v) is 8.65. The van der Waals surface area contributed by atoms with Crippen molar-refractivity contribution in [2.45, 2.75) is 43.6 Å². The van der Waals surface area contributed by atoms with E-state index in [0.29, 0.717) is 36.7 Å². The van der Waals surface area contributed by atoms with Gasteiger partial charge in [0, 0.05) is 12.6 Å². The monoisotopic (exact) mass is 472 g/mol. The SMILES string of the molecule is O=C(N[C@H]1COc2ccc(C(F)(F)F)cc2C1)c1cc2n(n1)CC(CCN1CC(F)(F)C1)O2. The topological polar surface area (TPSA) is 68.6 Å². The van der Waals surface area contributed by atoms with Gasteiger partial charge in [-0.05, 0) is 36.6 Å². The largest absolute Gasteiger partial charge is 0.491 e. The number of hydrogen-bond donors (Lipinski definition) is 1. The van der Waals surface area contributed by atoms with E-state index in [2.05, 4.69) is 10.4 Å². The van der Waals surface area contributed by atoms with Gasteiger partial charge < -0.3 is 14.8 Å². The number of rotatable bonds is 5. The van der Waals surface area contributed by atoms with E-state index < -0.39 is 29.6 Å². The van der Waals surface area contributed by atoms with Crippen LogP contribution < -0.4 is 14.8 Å². The normalized spacial score (nSPS) is 23.7. The molecule has 3 aliphatic heterocycles. The number of likely N-dealkylation sites (tertiary alicyclic amines) is 1. The predicted molar refractivity (Wildman–Crippen MR) is 105 cm³/mol. The van der Waals surface area contributed by atoms with E-state index in [1.54, 1.807) is 9.58 Å². The molecule has 0 aliphatic carbocycles. The molecule has 1 N–H and O–H groups in total. The van der Waals surface area contributed by atoms with Crippen LogP contribution in [0.2, 0.25) is 0 Å². The molecule has 3 aliphatic rings. The summed E-state index contributed by atoms with van der Waals surface area (Å²) in [5, 5.41) is 6.98. The first-order chi connectivity index (χ1) is 15.6. The average molecular weight is 472 g/mol. The molecule has 1 amide bonds. The molecule has 0 bridgehead atoms. The third kappa shape index (κ3) is 4.61. The number of fused-ring (bicyclic) bond motifs is 2. The smallest absolute Gasteiger partial charge is 0.416 e. The molecule has 1 aromatic heterocycles. The molecular weight excluding hydrogens is 451 g/mol. The van der Waals surface area contributed by atoms with E-state index in [-0.39, 0.29) is 37.9 Å². The predicted octanol–water partition coefficient (Wildman–Crippen LogP) is 2.74. The van der Waals surface area contributed by atoms with Crippen molar-refractivity contribution < 1.29 is 36.2 Å². The van der Waals surface area contributed by atoms with Crippen molar-refractivity contribution in [2.24, 2.45) is 0 Å². The summed E-state index contributed by atoms with van der Waals surface area (Å²) in [6, 6.07) is 4.28. The minimum Gasteiger partial charge on any atom is -0.491 e. The van der Waals surface area contributed by atoms with Crippen LogP contribution in [-0.2, 0) is 19.1 Å². The summed E-state index contributed by atoms with van der Waals surface area (Å²) in [6.07, 6.45) is -3.89. The maximum absolute atomic E-state index is 13.0. The molecule has 1 fully saturated rings. The van der Waals surface area contributed by atoms with Gasteiger partial charge in [0.1, 0.15) is 18.5 Å². The van der Waals surface area contributed by atoms with Gasteiger partial charge in [0.2, 0.25) is 5.88 Å². The van der Waals surface area contributed by atoms with Gasteiger partial charge in [0.15, 0.2) is 5.69 Å². The van der Waals surface area contributed by atoms with E-state index in [0.717, 1.165) is 12.1 Å². The molecule has 0 spiro atoms. The van der Waals surface area contributed by atoms with Crippen molar-refractivity contribution in [3.05, 3.63) is 41.1 Å². The lowest BCUT2D eigenvalue weighted by atomic mass is 10.00. The minimum atomic E-state index is -4.46. The van der Waals surface area contributed by atoms with Gasteiger partial charge in [0.25, 0.3) is 11.8 Å². The number of alkyl halides is 5. The van der Waals surface area contributed by atoms with Crippen LogP contribution in [0.25, 0.3) is 0 Å². The van der Waals surface area contributed by atoms with Crippen LogP contribution in [0.4, 0.5) is 22.0 Å².